The number of carboxylic acids is 1. The first-order chi connectivity index (χ1) is 9.29. The molecule has 1 atom stereocenters. The van der Waals surface area contributed by atoms with E-state index in [-0.39, 0.29) is 12.2 Å². The van der Waals surface area contributed by atoms with Crippen LogP contribution in [0.15, 0.2) is 18.2 Å². The van der Waals surface area contributed by atoms with Gasteiger partial charge in [0.15, 0.2) is 0 Å². The molecule has 1 aliphatic heterocycles. The summed E-state index contributed by atoms with van der Waals surface area (Å²) in [7, 11) is 0. The van der Waals surface area contributed by atoms with E-state index in [0.717, 1.165) is 0 Å². The summed E-state index contributed by atoms with van der Waals surface area (Å²) in [6.45, 7) is 0. The molecule has 1 heterocycles. The van der Waals surface area contributed by atoms with Gasteiger partial charge in [-0.1, -0.05) is 0 Å². The van der Waals surface area contributed by atoms with Crippen LogP contribution in [0.2, 0.25) is 0 Å². The standard InChI is InChI=1S/C13H11F3O4/c14-13(15,16)19-8-1-2-10-7(5-8)6-9(11(17)18)12(20-10)3-4-12/h1-2,5,9H,3-4,6H2,(H,17,18). The minimum Gasteiger partial charge on any atom is -0.486 e. The lowest BCUT2D eigenvalue weighted by Crippen LogP contribution is -2.40. The molecule has 7 heteroatoms. The topological polar surface area (TPSA) is 55.8 Å². The molecule has 0 bridgehead atoms. The lowest BCUT2D eigenvalue weighted by molar-refractivity contribution is -0.274. The average Bonchev–Trinajstić information content (AvgIpc) is 3.07. The minimum atomic E-state index is -4.77. The third-order valence-corrected chi connectivity index (χ3v) is 3.68. The van der Waals surface area contributed by atoms with Crippen molar-refractivity contribution in [2.24, 2.45) is 5.92 Å². The fraction of sp³-hybridized carbons (Fsp3) is 0.462. The van der Waals surface area contributed by atoms with Gasteiger partial charge in [-0.3, -0.25) is 4.79 Å². The van der Waals surface area contributed by atoms with Gasteiger partial charge in [-0.25, -0.2) is 0 Å². The van der Waals surface area contributed by atoms with Crippen LogP contribution in [0.5, 0.6) is 11.5 Å². The number of carboxylic acid groups (broad SMARTS) is 1. The highest BCUT2D eigenvalue weighted by Gasteiger charge is 2.57. The summed E-state index contributed by atoms with van der Waals surface area (Å²) in [6, 6.07) is 3.76. The number of aliphatic carboxylic acids is 1. The summed E-state index contributed by atoms with van der Waals surface area (Å²) in [5, 5.41) is 9.20. The molecular formula is C13H11F3O4. The fourth-order valence-corrected chi connectivity index (χ4v) is 2.59. The van der Waals surface area contributed by atoms with E-state index in [2.05, 4.69) is 4.74 Å². The van der Waals surface area contributed by atoms with Crippen molar-refractivity contribution < 1.29 is 32.5 Å². The molecule has 1 aliphatic carbocycles. The molecule has 1 unspecified atom stereocenters. The average molecular weight is 288 g/mol. The van der Waals surface area contributed by atoms with Crippen LogP contribution in [0.25, 0.3) is 0 Å². The zero-order valence-electron chi connectivity index (χ0n) is 10.2. The van der Waals surface area contributed by atoms with Gasteiger partial charge in [0.05, 0.1) is 0 Å². The summed E-state index contributed by atoms with van der Waals surface area (Å²) in [5.41, 5.74) is -0.248. The third-order valence-electron chi connectivity index (χ3n) is 3.68. The van der Waals surface area contributed by atoms with Crippen molar-refractivity contribution in [1.82, 2.24) is 0 Å². The number of halogens is 3. The highest BCUT2D eigenvalue weighted by atomic mass is 19.4. The van der Waals surface area contributed by atoms with Crippen LogP contribution < -0.4 is 9.47 Å². The van der Waals surface area contributed by atoms with Crippen LogP contribution in [-0.2, 0) is 11.2 Å². The Kier molecular flexibility index (Phi) is 2.64. The Balaban J connectivity index is 1.89. The quantitative estimate of drug-likeness (QED) is 0.909. The van der Waals surface area contributed by atoms with Gasteiger partial charge in [-0.05, 0) is 43.0 Å². The smallest absolute Gasteiger partial charge is 0.486 e. The molecule has 0 amide bonds. The predicted molar refractivity (Wildman–Crippen MR) is 60.5 cm³/mol. The van der Waals surface area contributed by atoms with Crippen molar-refractivity contribution in [3.05, 3.63) is 23.8 Å². The summed E-state index contributed by atoms with van der Waals surface area (Å²) >= 11 is 0. The highest BCUT2D eigenvalue weighted by molar-refractivity contribution is 5.74. The van der Waals surface area contributed by atoms with Gasteiger partial charge in [0.2, 0.25) is 0 Å². The second kappa shape index (κ2) is 4.04. The molecule has 1 aromatic rings. The molecule has 1 aromatic carbocycles. The number of hydrogen-bond donors (Lipinski definition) is 1. The zero-order chi connectivity index (χ0) is 14.5. The van der Waals surface area contributed by atoms with E-state index in [0.29, 0.717) is 24.2 Å². The Labute approximate surface area is 112 Å². The van der Waals surface area contributed by atoms with Crippen LogP contribution in [0, 0.1) is 5.92 Å². The Morgan fingerprint density at radius 3 is 2.65 bits per heavy atom. The van der Waals surface area contributed by atoms with E-state index in [4.69, 9.17) is 4.74 Å². The van der Waals surface area contributed by atoms with Gasteiger partial charge in [0, 0.05) is 0 Å². The molecule has 3 rings (SSSR count). The number of benzene rings is 1. The van der Waals surface area contributed by atoms with Crippen LogP contribution >= 0.6 is 0 Å². The predicted octanol–water partition coefficient (Wildman–Crippen LogP) is 2.75. The second-order valence-corrected chi connectivity index (χ2v) is 5.08. The van der Waals surface area contributed by atoms with Crippen molar-refractivity contribution in [3.63, 3.8) is 0 Å². The number of rotatable bonds is 2. The van der Waals surface area contributed by atoms with Gasteiger partial charge in [0.25, 0.3) is 0 Å². The molecular weight excluding hydrogens is 277 g/mol. The van der Waals surface area contributed by atoms with E-state index in [1.807, 2.05) is 0 Å². The molecule has 0 radical (unpaired) electrons. The van der Waals surface area contributed by atoms with Crippen LogP contribution in [0.1, 0.15) is 18.4 Å². The molecule has 1 saturated carbocycles. The number of fused-ring (bicyclic) bond motifs is 1. The summed E-state index contributed by atoms with van der Waals surface area (Å²) < 4.78 is 46.0. The monoisotopic (exact) mass is 288 g/mol. The first kappa shape index (κ1) is 13.1. The van der Waals surface area contributed by atoms with Crippen molar-refractivity contribution in [2.45, 2.75) is 31.2 Å². The Hall–Kier alpha value is -1.92. The lowest BCUT2D eigenvalue weighted by atomic mass is 9.89. The molecule has 0 aromatic heterocycles. The van der Waals surface area contributed by atoms with E-state index >= 15 is 0 Å². The van der Waals surface area contributed by atoms with Crippen LogP contribution in [0.3, 0.4) is 0 Å². The van der Waals surface area contributed by atoms with Gasteiger partial charge >= 0.3 is 12.3 Å². The Morgan fingerprint density at radius 1 is 1.40 bits per heavy atom. The highest BCUT2D eigenvalue weighted by Crippen LogP contribution is 2.52. The molecule has 108 valence electrons. The largest absolute Gasteiger partial charge is 0.573 e. The van der Waals surface area contributed by atoms with Gasteiger partial charge in [0.1, 0.15) is 23.0 Å². The van der Waals surface area contributed by atoms with Crippen molar-refractivity contribution in [1.29, 1.82) is 0 Å². The van der Waals surface area contributed by atoms with Crippen molar-refractivity contribution in [3.8, 4) is 11.5 Å². The number of carbonyl (C=O) groups is 1. The maximum atomic E-state index is 12.2. The van der Waals surface area contributed by atoms with Gasteiger partial charge in [-0.2, -0.15) is 0 Å². The molecule has 1 fully saturated rings. The van der Waals surface area contributed by atoms with Crippen molar-refractivity contribution >= 4 is 5.97 Å². The Bertz CT molecular complexity index is 563. The maximum absolute atomic E-state index is 12.2. The van der Waals surface area contributed by atoms with Gasteiger partial charge < -0.3 is 14.6 Å². The third kappa shape index (κ3) is 2.28. The molecule has 0 saturated heterocycles. The van der Waals surface area contributed by atoms with Gasteiger partial charge in [-0.15, -0.1) is 13.2 Å². The minimum absolute atomic E-state index is 0.153. The first-order valence-corrected chi connectivity index (χ1v) is 6.10. The molecule has 4 nitrogen and oxygen atoms in total. The normalized spacial score (nSPS) is 22.9. The molecule has 1 N–H and O–H groups in total. The Morgan fingerprint density at radius 2 is 2.10 bits per heavy atom. The van der Waals surface area contributed by atoms with E-state index in [9.17, 15) is 23.1 Å². The van der Waals surface area contributed by atoms with E-state index in [1.54, 1.807) is 0 Å². The summed E-state index contributed by atoms with van der Waals surface area (Å²) in [5.74, 6) is -1.64. The van der Waals surface area contributed by atoms with E-state index < -0.39 is 23.9 Å². The van der Waals surface area contributed by atoms with Crippen LogP contribution in [0.4, 0.5) is 13.2 Å². The first-order valence-electron chi connectivity index (χ1n) is 6.10. The number of ether oxygens (including phenoxy) is 2. The number of hydrogen-bond acceptors (Lipinski definition) is 3. The SMILES string of the molecule is O=C(O)C1Cc2cc(OC(F)(F)F)ccc2OC12CC2. The van der Waals surface area contributed by atoms with E-state index in [1.165, 1.54) is 18.2 Å². The second-order valence-electron chi connectivity index (χ2n) is 5.08. The number of alkyl halides is 3. The van der Waals surface area contributed by atoms with Crippen molar-refractivity contribution in [2.75, 3.05) is 0 Å². The fourth-order valence-electron chi connectivity index (χ4n) is 2.59. The molecule has 2 aliphatic rings. The molecule has 1 spiro atoms. The summed E-state index contributed by atoms with van der Waals surface area (Å²) in [4.78, 5) is 11.2. The maximum Gasteiger partial charge on any atom is 0.573 e. The summed E-state index contributed by atoms with van der Waals surface area (Å²) in [6.07, 6.45) is -3.30. The molecule has 20 heavy (non-hydrogen) atoms. The van der Waals surface area contributed by atoms with Crippen LogP contribution in [-0.4, -0.2) is 23.0 Å². The lowest BCUT2D eigenvalue weighted by Gasteiger charge is -2.31. The zero-order valence-corrected chi connectivity index (χ0v) is 10.2.